The number of guanidine groups is 1. The van der Waals surface area contributed by atoms with Crippen LogP contribution >= 0.6 is 24.0 Å². The summed E-state index contributed by atoms with van der Waals surface area (Å²) in [4.78, 5) is 4.70. The van der Waals surface area contributed by atoms with E-state index in [9.17, 15) is 4.39 Å². The van der Waals surface area contributed by atoms with E-state index in [-0.39, 0.29) is 41.6 Å². The summed E-state index contributed by atoms with van der Waals surface area (Å²) in [5.41, 5.74) is 0. The first-order chi connectivity index (χ1) is 14.1. The lowest BCUT2D eigenvalue weighted by Crippen LogP contribution is -2.46. The minimum Gasteiger partial charge on any atom is -0.486 e. The Labute approximate surface area is 194 Å². The van der Waals surface area contributed by atoms with Crippen molar-refractivity contribution in [2.45, 2.75) is 64.6 Å². The molecule has 2 N–H and O–H groups in total. The van der Waals surface area contributed by atoms with Gasteiger partial charge in [0.2, 0.25) is 0 Å². The van der Waals surface area contributed by atoms with Crippen LogP contribution in [0.1, 0.15) is 50.7 Å². The molecular weight excluding hydrogens is 498 g/mol. The highest BCUT2D eigenvalue weighted by Crippen LogP contribution is 2.19. The van der Waals surface area contributed by atoms with Crippen LogP contribution in [0.4, 0.5) is 4.39 Å². The third-order valence-electron chi connectivity index (χ3n) is 5.34. The lowest BCUT2D eigenvalue weighted by Gasteiger charge is -2.22. The Bertz CT molecular complexity index is 822. The monoisotopic (exact) mass is 530 g/mol. The normalized spacial score (nSPS) is 15.5. The molecule has 1 unspecified atom stereocenters. The SMILES string of the molecule is CCC(CNC(=NCc1nnc(C)n1C)NC1CCCC1)Oc1ccccc1F.I. The summed E-state index contributed by atoms with van der Waals surface area (Å²) >= 11 is 0. The standard InChI is InChI=1S/C21H31FN6O.HI/c1-4-17(29-19-12-8-7-11-18(19)22)13-23-21(25-16-9-5-6-10-16)24-14-20-27-26-15(2)28(20)3;/h7-8,11-12,16-17H,4-6,9-10,13-14H2,1-3H3,(H2,23,24,25);1H. The number of para-hydroxylation sites is 1. The molecule has 166 valence electrons. The molecule has 1 saturated carbocycles. The van der Waals surface area contributed by atoms with Crippen molar-refractivity contribution in [3.63, 3.8) is 0 Å². The van der Waals surface area contributed by atoms with Crippen LogP contribution in [0.2, 0.25) is 0 Å². The van der Waals surface area contributed by atoms with Gasteiger partial charge in [-0.2, -0.15) is 0 Å². The van der Waals surface area contributed by atoms with Gasteiger partial charge in [-0.15, -0.1) is 34.2 Å². The first-order valence-corrected chi connectivity index (χ1v) is 10.4. The van der Waals surface area contributed by atoms with E-state index in [1.165, 1.54) is 18.9 Å². The Balaban J connectivity index is 0.00000320. The van der Waals surface area contributed by atoms with Crippen molar-refractivity contribution in [2.24, 2.45) is 12.0 Å². The fourth-order valence-electron chi connectivity index (χ4n) is 3.35. The summed E-state index contributed by atoms with van der Waals surface area (Å²) in [6.07, 6.45) is 5.35. The Kier molecular flexibility index (Phi) is 9.80. The maximum Gasteiger partial charge on any atom is 0.192 e. The van der Waals surface area contributed by atoms with Crippen molar-refractivity contribution >= 4 is 29.9 Å². The summed E-state index contributed by atoms with van der Waals surface area (Å²) in [6.45, 7) is 4.91. The number of benzene rings is 1. The second kappa shape index (κ2) is 12.1. The lowest BCUT2D eigenvalue weighted by atomic mass is 10.2. The second-order valence-electron chi connectivity index (χ2n) is 7.47. The van der Waals surface area contributed by atoms with E-state index in [1.54, 1.807) is 18.2 Å². The average Bonchev–Trinajstić information content (AvgIpc) is 3.35. The minimum absolute atomic E-state index is 0. The van der Waals surface area contributed by atoms with E-state index >= 15 is 0 Å². The molecule has 30 heavy (non-hydrogen) atoms. The lowest BCUT2D eigenvalue weighted by molar-refractivity contribution is 0.191. The molecule has 1 aromatic heterocycles. The highest BCUT2D eigenvalue weighted by Gasteiger charge is 2.18. The molecule has 9 heteroatoms. The van der Waals surface area contributed by atoms with E-state index in [1.807, 2.05) is 25.5 Å². The zero-order valence-electron chi connectivity index (χ0n) is 17.9. The van der Waals surface area contributed by atoms with Crippen LogP contribution in [-0.2, 0) is 13.6 Å². The molecule has 7 nitrogen and oxygen atoms in total. The molecule has 3 rings (SSSR count). The number of nitrogens with one attached hydrogen (secondary N) is 2. The molecule has 1 heterocycles. The maximum atomic E-state index is 13.9. The number of aryl methyl sites for hydroxylation is 1. The maximum absolute atomic E-state index is 13.9. The minimum atomic E-state index is -0.346. The van der Waals surface area contributed by atoms with Gasteiger partial charge in [-0.05, 0) is 38.3 Å². The summed E-state index contributed by atoms with van der Waals surface area (Å²) in [5.74, 6) is 2.33. The van der Waals surface area contributed by atoms with E-state index < -0.39 is 0 Å². The largest absolute Gasteiger partial charge is 0.486 e. The molecule has 1 aromatic carbocycles. The molecular formula is C21H32FIN6O. The number of ether oxygens (including phenoxy) is 1. The molecule has 2 aromatic rings. The zero-order valence-corrected chi connectivity index (χ0v) is 20.2. The van der Waals surface area contributed by atoms with Crippen molar-refractivity contribution in [1.29, 1.82) is 0 Å². The Morgan fingerprint density at radius 1 is 1.30 bits per heavy atom. The van der Waals surface area contributed by atoms with Gasteiger partial charge in [-0.1, -0.05) is 31.9 Å². The Morgan fingerprint density at radius 2 is 2.03 bits per heavy atom. The third kappa shape index (κ3) is 6.82. The fraction of sp³-hybridized carbons (Fsp3) is 0.571. The molecule has 0 amide bonds. The predicted octanol–water partition coefficient (Wildman–Crippen LogP) is 3.72. The van der Waals surface area contributed by atoms with Crippen molar-refractivity contribution < 1.29 is 9.13 Å². The van der Waals surface area contributed by atoms with E-state index in [0.29, 0.717) is 19.1 Å². The van der Waals surface area contributed by atoms with Crippen LogP contribution in [0.25, 0.3) is 0 Å². The van der Waals surface area contributed by atoms with Gasteiger partial charge in [0.05, 0.1) is 6.54 Å². The molecule has 1 aliphatic rings. The first kappa shape index (κ1) is 24.4. The van der Waals surface area contributed by atoms with Crippen LogP contribution in [0.5, 0.6) is 5.75 Å². The molecule has 0 bridgehead atoms. The van der Waals surface area contributed by atoms with Gasteiger partial charge in [-0.3, -0.25) is 0 Å². The Morgan fingerprint density at radius 3 is 2.67 bits per heavy atom. The molecule has 0 spiro atoms. The fourth-order valence-corrected chi connectivity index (χ4v) is 3.35. The summed E-state index contributed by atoms with van der Waals surface area (Å²) in [6, 6.07) is 6.92. The van der Waals surface area contributed by atoms with Crippen molar-refractivity contribution in [2.75, 3.05) is 6.54 Å². The molecule has 0 radical (unpaired) electrons. The first-order valence-electron chi connectivity index (χ1n) is 10.4. The topological polar surface area (TPSA) is 76.4 Å². The van der Waals surface area contributed by atoms with Crippen LogP contribution < -0.4 is 15.4 Å². The van der Waals surface area contributed by atoms with Crippen LogP contribution in [0, 0.1) is 12.7 Å². The summed E-state index contributed by atoms with van der Waals surface area (Å²) < 4.78 is 21.7. The summed E-state index contributed by atoms with van der Waals surface area (Å²) in [5, 5.41) is 15.2. The molecule has 1 aliphatic carbocycles. The smallest absolute Gasteiger partial charge is 0.192 e. The number of hydrogen-bond acceptors (Lipinski definition) is 4. The number of nitrogens with zero attached hydrogens (tertiary/aromatic N) is 4. The number of halogens is 2. The second-order valence-corrected chi connectivity index (χ2v) is 7.47. The van der Waals surface area contributed by atoms with Crippen LogP contribution in [-0.4, -0.2) is 39.4 Å². The molecule has 1 atom stereocenters. The number of aromatic nitrogens is 3. The van der Waals surface area contributed by atoms with Gasteiger partial charge >= 0.3 is 0 Å². The quantitative estimate of drug-likeness (QED) is 0.309. The molecule has 0 aliphatic heterocycles. The van der Waals surface area contributed by atoms with Gasteiger partial charge in [0.15, 0.2) is 23.4 Å². The van der Waals surface area contributed by atoms with Crippen molar-refractivity contribution in [3.05, 3.63) is 41.7 Å². The highest BCUT2D eigenvalue weighted by atomic mass is 127. The highest BCUT2D eigenvalue weighted by molar-refractivity contribution is 14.0. The van der Waals surface area contributed by atoms with Crippen molar-refractivity contribution in [3.8, 4) is 5.75 Å². The van der Waals surface area contributed by atoms with Gasteiger partial charge in [0, 0.05) is 13.1 Å². The number of aliphatic imine (C=N–C) groups is 1. The van der Waals surface area contributed by atoms with Gasteiger partial charge in [0.25, 0.3) is 0 Å². The van der Waals surface area contributed by atoms with Crippen LogP contribution in [0.15, 0.2) is 29.3 Å². The predicted molar refractivity (Wildman–Crippen MR) is 127 cm³/mol. The van der Waals surface area contributed by atoms with E-state index in [0.717, 1.165) is 36.9 Å². The summed E-state index contributed by atoms with van der Waals surface area (Å²) in [7, 11) is 1.94. The van der Waals surface area contributed by atoms with Crippen LogP contribution in [0.3, 0.4) is 0 Å². The average molecular weight is 530 g/mol. The molecule has 0 saturated heterocycles. The molecule has 1 fully saturated rings. The Hall–Kier alpha value is -1.91. The van der Waals surface area contributed by atoms with Crippen molar-refractivity contribution in [1.82, 2.24) is 25.4 Å². The van der Waals surface area contributed by atoms with E-state index in [4.69, 9.17) is 9.73 Å². The number of rotatable bonds is 8. The number of hydrogen-bond donors (Lipinski definition) is 2. The third-order valence-corrected chi connectivity index (χ3v) is 5.34. The van der Waals surface area contributed by atoms with Gasteiger partial charge in [0.1, 0.15) is 18.5 Å². The van der Waals surface area contributed by atoms with Gasteiger partial charge in [-0.25, -0.2) is 9.38 Å². The van der Waals surface area contributed by atoms with Gasteiger partial charge < -0.3 is 19.9 Å². The zero-order chi connectivity index (χ0) is 20.6. The van der Waals surface area contributed by atoms with E-state index in [2.05, 4.69) is 20.8 Å².